The van der Waals surface area contributed by atoms with Gasteiger partial charge in [0, 0.05) is 30.4 Å². The SMILES string of the molecule is Cc1ccc(C[C@@H](C#N)NC(=O)[C@@H]2CCCC[C@@H]2NC(=O)c2cc3ccccc3n2C)cc1. The second-order valence-corrected chi connectivity index (χ2v) is 9.00. The molecule has 1 aliphatic carbocycles. The summed E-state index contributed by atoms with van der Waals surface area (Å²) in [5.74, 6) is -0.670. The molecule has 0 aliphatic heterocycles. The van der Waals surface area contributed by atoms with Crippen LogP contribution in [0.1, 0.15) is 47.3 Å². The third kappa shape index (κ3) is 5.09. The van der Waals surface area contributed by atoms with Gasteiger partial charge in [0.2, 0.25) is 5.91 Å². The van der Waals surface area contributed by atoms with Crippen LogP contribution in [0.2, 0.25) is 0 Å². The molecule has 3 aromatic rings. The van der Waals surface area contributed by atoms with E-state index in [1.54, 1.807) is 0 Å². The third-order valence-corrected chi connectivity index (χ3v) is 6.64. The van der Waals surface area contributed by atoms with E-state index in [1.165, 1.54) is 0 Å². The van der Waals surface area contributed by atoms with Crippen molar-refractivity contribution < 1.29 is 9.59 Å². The van der Waals surface area contributed by atoms with E-state index in [4.69, 9.17) is 0 Å². The Kier molecular flexibility index (Phi) is 6.79. The fraction of sp³-hybridized carbons (Fsp3) is 0.370. The van der Waals surface area contributed by atoms with E-state index < -0.39 is 6.04 Å². The molecule has 0 unspecified atom stereocenters. The maximum Gasteiger partial charge on any atom is 0.268 e. The molecule has 6 heteroatoms. The first-order valence-electron chi connectivity index (χ1n) is 11.6. The fourth-order valence-electron chi connectivity index (χ4n) is 4.73. The number of rotatable bonds is 6. The van der Waals surface area contributed by atoms with Crippen LogP contribution < -0.4 is 10.6 Å². The fourth-order valence-corrected chi connectivity index (χ4v) is 4.73. The molecule has 2 amide bonds. The molecule has 0 saturated heterocycles. The Morgan fingerprint density at radius 1 is 1.12 bits per heavy atom. The maximum absolute atomic E-state index is 13.1. The van der Waals surface area contributed by atoms with Gasteiger partial charge < -0.3 is 15.2 Å². The maximum atomic E-state index is 13.1. The van der Waals surface area contributed by atoms with E-state index in [9.17, 15) is 14.9 Å². The first-order chi connectivity index (χ1) is 16.0. The predicted octanol–water partition coefficient (Wildman–Crippen LogP) is 4.03. The van der Waals surface area contributed by atoms with Crippen LogP contribution in [0.25, 0.3) is 10.9 Å². The lowest BCUT2D eigenvalue weighted by atomic mass is 9.83. The number of aromatic nitrogens is 1. The van der Waals surface area contributed by atoms with Gasteiger partial charge in [0.25, 0.3) is 5.91 Å². The first-order valence-corrected chi connectivity index (χ1v) is 11.6. The number of benzene rings is 2. The van der Waals surface area contributed by atoms with Crippen molar-refractivity contribution in [3.8, 4) is 6.07 Å². The summed E-state index contributed by atoms with van der Waals surface area (Å²) in [6.07, 6.45) is 3.82. The molecule has 0 radical (unpaired) electrons. The van der Waals surface area contributed by atoms with Crippen molar-refractivity contribution in [2.24, 2.45) is 13.0 Å². The minimum Gasteiger partial charge on any atom is -0.347 e. The van der Waals surface area contributed by atoms with Crippen molar-refractivity contribution in [3.63, 3.8) is 0 Å². The minimum atomic E-state index is -0.600. The monoisotopic (exact) mass is 442 g/mol. The second-order valence-electron chi connectivity index (χ2n) is 9.00. The normalized spacial score (nSPS) is 18.9. The number of nitrogens with one attached hydrogen (secondary N) is 2. The van der Waals surface area contributed by atoms with E-state index in [2.05, 4.69) is 16.7 Å². The van der Waals surface area contributed by atoms with Gasteiger partial charge in [0.05, 0.1) is 12.0 Å². The molecular weight excluding hydrogens is 412 g/mol. The van der Waals surface area contributed by atoms with Gasteiger partial charge in [-0.15, -0.1) is 0 Å². The highest BCUT2D eigenvalue weighted by molar-refractivity contribution is 5.99. The summed E-state index contributed by atoms with van der Waals surface area (Å²) < 4.78 is 1.88. The van der Waals surface area contributed by atoms with Gasteiger partial charge in [0.1, 0.15) is 11.7 Å². The molecule has 6 nitrogen and oxygen atoms in total. The van der Waals surface area contributed by atoms with Crippen molar-refractivity contribution in [1.29, 1.82) is 5.26 Å². The number of carbonyl (C=O) groups is 2. The van der Waals surface area contributed by atoms with Crippen LogP contribution in [-0.2, 0) is 18.3 Å². The lowest BCUT2D eigenvalue weighted by molar-refractivity contribution is -0.127. The molecular formula is C27H30N4O2. The lowest BCUT2D eigenvalue weighted by Gasteiger charge is -2.32. The van der Waals surface area contributed by atoms with Gasteiger partial charge in [-0.3, -0.25) is 9.59 Å². The van der Waals surface area contributed by atoms with Crippen LogP contribution in [-0.4, -0.2) is 28.5 Å². The van der Waals surface area contributed by atoms with Gasteiger partial charge >= 0.3 is 0 Å². The summed E-state index contributed by atoms with van der Waals surface area (Å²) >= 11 is 0. The second kappa shape index (κ2) is 9.91. The first kappa shape index (κ1) is 22.6. The average Bonchev–Trinajstić information content (AvgIpc) is 3.17. The van der Waals surface area contributed by atoms with E-state index in [-0.39, 0.29) is 23.8 Å². The average molecular weight is 443 g/mol. The third-order valence-electron chi connectivity index (χ3n) is 6.64. The molecule has 33 heavy (non-hydrogen) atoms. The number of carbonyl (C=O) groups excluding carboxylic acids is 2. The molecule has 1 fully saturated rings. The highest BCUT2D eigenvalue weighted by atomic mass is 16.2. The molecule has 0 bridgehead atoms. The van der Waals surface area contributed by atoms with Crippen molar-refractivity contribution >= 4 is 22.7 Å². The standard InChI is InChI=1S/C27H30N4O2/c1-18-11-13-19(14-12-18)15-21(17-28)29-26(32)22-8-4-5-9-23(22)30-27(33)25-16-20-7-3-6-10-24(20)31(25)2/h3,6-7,10-14,16,21-23H,4-5,8-9,15H2,1-2H3,(H,29,32)(H,30,33)/t21-,22+,23-/m0/s1. The van der Waals surface area contributed by atoms with E-state index in [0.29, 0.717) is 18.5 Å². The number of aryl methyl sites for hydroxylation is 2. The smallest absolute Gasteiger partial charge is 0.268 e. The molecule has 1 aromatic heterocycles. The summed E-state index contributed by atoms with van der Waals surface area (Å²) in [6.45, 7) is 2.02. The van der Waals surface area contributed by atoms with Crippen molar-refractivity contribution in [2.45, 2.75) is 51.1 Å². The Labute approximate surface area is 194 Å². The number of nitrogens with zero attached hydrogens (tertiary/aromatic N) is 2. The molecule has 170 valence electrons. The van der Waals surface area contributed by atoms with Crippen LogP contribution >= 0.6 is 0 Å². The zero-order valence-electron chi connectivity index (χ0n) is 19.2. The Bertz CT molecular complexity index is 1190. The Morgan fingerprint density at radius 2 is 1.85 bits per heavy atom. The van der Waals surface area contributed by atoms with Gasteiger partial charge in [-0.05, 0) is 37.5 Å². The Balaban J connectivity index is 1.44. The van der Waals surface area contributed by atoms with Crippen LogP contribution in [0, 0.1) is 24.2 Å². The number of amides is 2. The largest absolute Gasteiger partial charge is 0.347 e. The van der Waals surface area contributed by atoms with Crippen LogP contribution in [0.3, 0.4) is 0 Å². The number of nitriles is 1. The van der Waals surface area contributed by atoms with Crippen molar-refractivity contribution in [1.82, 2.24) is 15.2 Å². The van der Waals surface area contributed by atoms with Gasteiger partial charge in [-0.25, -0.2) is 0 Å². The van der Waals surface area contributed by atoms with E-state index in [1.807, 2.05) is 73.1 Å². The van der Waals surface area contributed by atoms with Crippen LogP contribution in [0.15, 0.2) is 54.6 Å². The number of fused-ring (bicyclic) bond motifs is 1. The molecule has 1 aliphatic rings. The van der Waals surface area contributed by atoms with E-state index >= 15 is 0 Å². The summed E-state index contributed by atoms with van der Waals surface area (Å²) in [5.41, 5.74) is 3.74. The van der Waals surface area contributed by atoms with Crippen molar-refractivity contribution in [3.05, 3.63) is 71.4 Å². The zero-order chi connectivity index (χ0) is 23.4. The summed E-state index contributed by atoms with van der Waals surface area (Å²) in [4.78, 5) is 26.2. The van der Waals surface area contributed by atoms with Gasteiger partial charge in [-0.2, -0.15) is 5.26 Å². The summed E-state index contributed by atoms with van der Waals surface area (Å²) in [6, 6.07) is 19.1. The predicted molar refractivity (Wildman–Crippen MR) is 129 cm³/mol. The van der Waals surface area contributed by atoms with E-state index in [0.717, 1.165) is 41.3 Å². The topological polar surface area (TPSA) is 86.9 Å². The highest BCUT2D eigenvalue weighted by Crippen LogP contribution is 2.26. The number of para-hydroxylation sites is 1. The molecule has 2 N–H and O–H groups in total. The molecule has 2 aromatic carbocycles. The summed E-state index contributed by atoms with van der Waals surface area (Å²) in [5, 5.41) is 16.7. The zero-order valence-corrected chi connectivity index (χ0v) is 19.2. The van der Waals surface area contributed by atoms with Crippen molar-refractivity contribution in [2.75, 3.05) is 0 Å². The van der Waals surface area contributed by atoms with Gasteiger partial charge in [0.15, 0.2) is 0 Å². The Morgan fingerprint density at radius 3 is 2.58 bits per heavy atom. The lowest BCUT2D eigenvalue weighted by Crippen LogP contribution is -2.50. The molecule has 3 atom stereocenters. The number of hydrogen-bond acceptors (Lipinski definition) is 3. The van der Waals surface area contributed by atoms with Crippen LogP contribution in [0.5, 0.6) is 0 Å². The highest BCUT2D eigenvalue weighted by Gasteiger charge is 2.33. The minimum absolute atomic E-state index is 0.157. The summed E-state index contributed by atoms with van der Waals surface area (Å²) in [7, 11) is 1.88. The Hall–Kier alpha value is -3.59. The van der Waals surface area contributed by atoms with Gasteiger partial charge in [-0.1, -0.05) is 60.9 Å². The number of hydrogen-bond donors (Lipinski definition) is 2. The molecule has 0 spiro atoms. The molecule has 1 saturated carbocycles. The molecule has 1 heterocycles. The van der Waals surface area contributed by atoms with Crippen LogP contribution in [0.4, 0.5) is 0 Å². The quantitative estimate of drug-likeness (QED) is 0.604. The molecule has 4 rings (SSSR count).